The van der Waals surface area contributed by atoms with E-state index in [1.54, 1.807) is 31.2 Å². The molecule has 0 fully saturated rings. The standard InChI is InChI=1S/C15H16N2O6/c1-9-12(22-14(18)20-2)11(10-7-5-4-6-8-10)13(17-16-9)23-15(19)21-3/h4-8,11,16H,1-3H3. The van der Waals surface area contributed by atoms with Crippen LogP contribution in [0.4, 0.5) is 9.59 Å². The Kier molecular flexibility index (Phi) is 5.19. The fourth-order valence-electron chi connectivity index (χ4n) is 2.00. The first-order valence-electron chi connectivity index (χ1n) is 6.67. The van der Waals surface area contributed by atoms with Crippen molar-refractivity contribution in [2.45, 2.75) is 12.8 Å². The van der Waals surface area contributed by atoms with Crippen LogP contribution in [0.1, 0.15) is 18.4 Å². The number of nitrogens with one attached hydrogen (secondary N) is 1. The van der Waals surface area contributed by atoms with Crippen LogP contribution in [0.25, 0.3) is 0 Å². The van der Waals surface area contributed by atoms with E-state index >= 15 is 0 Å². The molecule has 0 aliphatic carbocycles. The highest BCUT2D eigenvalue weighted by Gasteiger charge is 2.34. The lowest BCUT2D eigenvalue weighted by Gasteiger charge is -2.26. The first-order valence-corrected chi connectivity index (χ1v) is 6.67. The molecule has 8 heteroatoms. The van der Waals surface area contributed by atoms with Crippen LogP contribution in [0.3, 0.4) is 0 Å². The van der Waals surface area contributed by atoms with Gasteiger partial charge in [-0.05, 0) is 12.5 Å². The summed E-state index contributed by atoms with van der Waals surface area (Å²) in [7, 11) is 2.38. The molecule has 1 aliphatic rings. The number of ether oxygens (including phenoxy) is 4. The maximum absolute atomic E-state index is 11.5. The molecule has 0 amide bonds. The molecular weight excluding hydrogens is 304 g/mol. The minimum Gasteiger partial charge on any atom is -0.437 e. The first kappa shape index (κ1) is 16.3. The number of allylic oxidation sites excluding steroid dienone is 1. The van der Waals surface area contributed by atoms with Crippen LogP contribution in [0.5, 0.6) is 0 Å². The van der Waals surface area contributed by atoms with Crippen molar-refractivity contribution in [2.75, 3.05) is 14.2 Å². The van der Waals surface area contributed by atoms with Crippen molar-refractivity contribution in [2.24, 2.45) is 5.10 Å². The lowest BCUT2D eigenvalue weighted by atomic mass is 9.95. The van der Waals surface area contributed by atoms with E-state index in [4.69, 9.17) is 9.47 Å². The molecular formula is C15H16N2O6. The van der Waals surface area contributed by atoms with E-state index in [0.717, 1.165) is 5.56 Å². The number of carbonyl (C=O) groups excluding carboxylic acids is 2. The first-order chi connectivity index (χ1) is 11.1. The molecule has 1 aromatic carbocycles. The highest BCUT2D eigenvalue weighted by atomic mass is 16.7. The van der Waals surface area contributed by atoms with Crippen molar-refractivity contribution < 1.29 is 28.5 Å². The van der Waals surface area contributed by atoms with E-state index in [-0.39, 0.29) is 11.7 Å². The molecule has 0 spiro atoms. The largest absolute Gasteiger partial charge is 0.514 e. The molecule has 1 atom stereocenters. The van der Waals surface area contributed by atoms with Gasteiger partial charge >= 0.3 is 12.3 Å². The summed E-state index contributed by atoms with van der Waals surface area (Å²) in [6.07, 6.45) is -1.81. The number of methoxy groups -OCH3 is 2. The van der Waals surface area contributed by atoms with E-state index in [1.165, 1.54) is 14.2 Å². The molecule has 0 radical (unpaired) electrons. The summed E-state index contributed by atoms with van der Waals surface area (Å²) in [5, 5.41) is 3.99. The van der Waals surface area contributed by atoms with Gasteiger partial charge in [0.1, 0.15) is 11.7 Å². The van der Waals surface area contributed by atoms with Crippen LogP contribution in [-0.2, 0) is 18.9 Å². The average Bonchev–Trinajstić information content (AvgIpc) is 2.58. The molecule has 8 nitrogen and oxygen atoms in total. The van der Waals surface area contributed by atoms with Gasteiger partial charge < -0.3 is 18.9 Å². The fourth-order valence-corrected chi connectivity index (χ4v) is 2.00. The third-order valence-corrected chi connectivity index (χ3v) is 3.06. The van der Waals surface area contributed by atoms with Crippen LogP contribution in [0.15, 0.2) is 46.9 Å². The fraction of sp³-hybridized carbons (Fsp3) is 0.267. The Labute approximate surface area is 132 Å². The van der Waals surface area contributed by atoms with Crippen LogP contribution in [0.2, 0.25) is 0 Å². The molecule has 1 N–H and O–H groups in total. The molecule has 0 aromatic heterocycles. The van der Waals surface area contributed by atoms with Crippen LogP contribution in [-0.4, -0.2) is 32.4 Å². The van der Waals surface area contributed by atoms with E-state index in [9.17, 15) is 9.59 Å². The number of nitrogens with zero attached hydrogens (tertiary/aromatic N) is 1. The van der Waals surface area contributed by atoms with Gasteiger partial charge in [-0.1, -0.05) is 30.3 Å². The van der Waals surface area contributed by atoms with Crippen LogP contribution < -0.4 is 5.43 Å². The average molecular weight is 320 g/mol. The van der Waals surface area contributed by atoms with Crippen molar-refractivity contribution in [1.82, 2.24) is 5.43 Å². The molecule has 122 valence electrons. The Morgan fingerprint density at radius 1 is 1.04 bits per heavy atom. The van der Waals surface area contributed by atoms with Gasteiger partial charge in [-0.25, -0.2) is 9.59 Å². The molecule has 1 unspecified atom stereocenters. The summed E-state index contributed by atoms with van der Waals surface area (Å²) >= 11 is 0. The van der Waals surface area contributed by atoms with E-state index in [0.29, 0.717) is 5.70 Å². The predicted octanol–water partition coefficient (Wildman–Crippen LogP) is 2.48. The molecule has 1 heterocycles. The molecule has 23 heavy (non-hydrogen) atoms. The third kappa shape index (κ3) is 3.79. The lowest BCUT2D eigenvalue weighted by Crippen LogP contribution is -2.31. The third-order valence-electron chi connectivity index (χ3n) is 3.06. The predicted molar refractivity (Wildman–Crippen MR) is 79.4 cm³/mol. The zero-order valence-corrected chi connectivity index (χ0v) is 12.9. The van der Waals surface area contributed by atoms with Crippen molar-refractivity contribution in [3.8, 4) is 0 Å². The molecule has 0 saturated heterocycles. The van der Waals surface area contributed by atoms with Gasteiger partial charge in [-0.15, -0.1) is 5.10 Å². The SMILES string of the molecule is COC(=O)OC1=NNC(C)=C(OC(=O)OC)C1c1ccccc1. The Hall–Kier alpha value is -3.03. The summed E-state index contributed by atoms with van der Waals surface area (Å²) in [6, 6.07) is 9.02. The topological polar surface area (TPSA) is 95.5 Å². The maximum atomic E-state index is 11.5. The van der Waals surface area contributed by atoms with Gasteiger partial charge in [0, 0.05) is 0 Å². The molecule has 2 rings (SSSR count). The highest BCUT2D eigenvalue weighted by molar-refractivity contribution is 5.94. The molecule has 0 bridgehead atoms. The maximum Gasteiger partial charge on any atom is 0.514 e. The summed E-state index contributed by atoms with van der Waals surface area (Å²) < 4.78 is 19.3. The summed E-state index contributed by atoms with van der Waals surface area (Å²) in [5.41, 5.74) is 3.85. The Morgan fingerprint density at radius 2 is 1.65 bits per heavy atom. The second kappa shape index (κ2) is 7.30. The van der Waals surface area contributed by atoms with Crippen LogP contribution in [0, 0.1) is 0 Å². The van der Waals surface area contributed by atoms with Crippen molar-refractivity contribution in [3.05, 3.63) is 47.4 Å². The molecule has 0 saturated carbocycles. The Bertz CT molecular complexity index is 653. The normalized spacial score (nSPS) is 16.8. The van der Waals surface area contributed by atoms with Crippen LogP contribution >= 0.6 is 0 Å². The molecule has 1 aliphatic heterocycles. The Balaban J connectivity index is 2.41. The van der Waals surface area contributed by atoms with Gasteiger partial charge in [0.05, 0.1) is 19.9 Å². The number of hydrazone groups is 1. The number of rotatable bonds is 2. The van der Waals surface area contributed by atoms with Gasteiger partial charge in [0.15, 0.2) is 0 Å². The van der Waals surface area contributed by atoms with Gasteiger partial charge in [0.2, 0.25) is 5.90 Å². The summed E-state index contributed by atoms with van der Waals surface area (Å²) in [6.45, 7) is 1.67. The van der Waals surface area contributed by atoms with Gasteiger partial charge in [-0.2, -0.15) is 0 Å². The minimum absolute atomic E-state index is 0.00690. The van der Waals surface area contributed by atoms with Crippen molar-refractivity contribution in [1.29, 1.82) is 0 Å². The van der Waals surface area contributed by atoms with E-state index < -0.39 is 18.2 Å². The van der Waals surface area contributed by atoms with Gasteiger partial charge in [-0.3, -0.25) is 5.43 Å². The van der Waals surface area contributed by atoms with Crippen molar-refractivity contribution in [3.63, 3.8) is 0 Å². The van der Waals surface area contributed by atoms with E-state index in [2.05, 4.69) is 20.0 Å². The zero-order chi connectivity index (χ0) is 16.8. The second-order valence-electron chi connectivity index (χ2n) is 4.51. The van der Waals surface area contributed by atoms with Gasteiger partial charge in [0.25, 0.3) is 0 Å². The summed E-state index contributed by atoms with van der Waals surface area (Å²) in [4.78, 5) is 22.9. The van der Waals surface area contributed by atoms with E-state index in [1.807, 2.05) is 6.07 Å². The number of carbonyl (C=O) groups is 2. The number of hydrogen-bond acceptors (Lipinski definition) is 8. The monoisotopic (exact) mass is 320 g/mol. The Morgan fingerprint density at radius 3 is 2.26 bits per heavy atom. The quantitative estimate of drug-likeness (QED) is 0.836. The van der Waals surface area contributed by atoms with Crippen molar-refractivity contribution >= 4 is 18.2 Å². The summed E-state index contributed by atoms with van der Waals surface area (Å²) in [5.74, 6) is -0.486. The zero-order valence-electron chi connectivity index (χ0n) is 12.9. The lowest BCUT2D eigenvalue weighted by molar-refractivity contribution is 0.0908. The number of benzene rings is 1. The minimum atomic E-state index is -0.927. The second-order valence-corrected chi connectivity index (χ2v) is 4.51. The highest BCUT2D eigenvalue weighted by Crippen LogP contribution is 2.32. The molecule has 1 aromatic rings. The number of hydrogen-bond donors (Lipinski definition) is 1. The smallest absolute Gasteiger partial charge is 0.437 e.